The first-order valence-corrected chi connectivity index (χ1v) is 6.39. The first-order chi connectivity index (χ1) is 7.72. The molecule has 1 aliphatic heterocycles. The summed E-state index contributed by atoms with van der Waals surface area (Å²) in [5, 5.41) is 0. The summed E-state index contributed by atoms with van der Waals surface area (Å²) in [5.41, 5.74) is 1.02. The largest absolute Gasteiger partial charge is 0.486 e. The highest BCUT2D eigenvalue weighted by molar-refractivity contribution is 7.98. The highest BCUT2D eigenvalue weighted by Crippen LogP contribution is 2.41. The summed E-state index contributed by atoms with van der Waals surface area (Å²) in [6, 6.07) is 3.83. The molecule has 16 heavy (non-hydrogen) atoms. The fourth-order valence-corrected chi connectivity index (χ4v) is 2.51. The molecule has 1 aliphatic rings. The topological polar surface area (TPSA) is 35.5 Å². The van der Waals surface area contributed by atoms with Gasteiger partial charge in [-0.25, -0.2) is 0 Å². The molecule has 0 spiro atoms. The smallest absolute Gasteiger partial charge is 0.175 e. The van der Waals surface area contributed by atoms with Crippen LogP contribution in [0.25, 0.3) is 0 Å². The molecule has 2 rings (SSSR count). The number of ketones is 1. The lowest BCUT2D eigenvalue weighted by atomic mass is 10.1. The van der Waals surface area contributed by atoms with Gasteiger partial charge >= 0.3 is 0 Å². The van der Waals surface area contributed by atoms with Crippen LogP contribution in [0.15, 0.2) is 17.0 Å². The second-order valence-electron chi connectivity index (χ2n) is 3.66. The van der Waals surface area contributed by atoms with E-state index >= 15 is 0 Å². The molecule has 0 unspecified atom stereocenters. The predicted octanol–water partition coefficient (Wildman–Crippen LogP) is 2.31. The Morgan fingerprint density at radius 1 is 1.38 bits per heavy atom. The van der Waals surface area contributed by atoms with Crippen molar-refractivity contribution in [2.45, 2.75) is 18.2 Å². The summed E-state index contributed by atoms with van der Waals surface area (Å²) < 4.78 is 11.1. The third-order valence-corrected chi connectivity index (χ3v) is 3.24. The zero-order valence-corrected chi connectivity index (χ0v) is 10.2. The zero-order valence-electron chi connectivity index (χ0n) is 9.41. The van der Waals surface area contributed by atoms with Gasteiger partial charge in [-0.2, -0.15) is 0 Å². The first-order valence-electron chi connectivity index (χ1n) is 5.17. The maximum atomic E-state index is 11.2. The Morgan fingerprint density at radius 2 is 2.12 bits per heavy atom. The maximum Gasteiger partial charge on any atom is 0.175 e. The van der Waals surface area contributed by atoms with E-state index in [-0.39, 0.29) is 5.78 Å². The molecule has 0 aliphatic carbocycles. The number of fused-ring (bicyclic) bond motifs is 1. The summed E-state index contributed by atoms with van der Waals surface area (Å²) in [6.45, 7) is 2.76. The summed E-state index contributed by atoms with van der Waals surface area (Å²) >= 11 is 1.59. The normalized spacial score (nSPS) is 13.6. The van der Waals surface area contributed by atoms with E-state index in [9.17, 15) is 4.79 Å². The molecule has 0 N–H and O–H groups in total. The zero-order chi connectivity index (χ0) is 11.5. The third-order valence-electron chi connectivity index (χ3n) is 2.39. The Kier molecular flexibility index (Phi) is 3.39. The Hall–Kier alpha value is -1.16. The number of carbonyl (C=O) groups excluding carboxylic acids is 1. The molecule has 0 saturated heterocycles. The van der Waals surface area contributed by atoms with Crippen molar-refractivity contribution in [3.63, 3.8) is 0 Å². The van der Waals surface area contributed by atoms with Crippen molar-refractivity contribution in [2.24, 2.45) is 0 Å². The van der Waals surface area contributed by atoms with Gasteiger partial charge in [-0.1, -0.05) is 6.07 Å². The first kappa shape index (κ1) is 11.3. The SMILES string of the molecule is CSc1c(CC(C)=O)ccc2c1OCCO2. The van der Waals surface area contributed by atoms with Crippen LogP contribution in [0.1, 0.15) is 12.5 Å². The molecule has 0 atom stereocenters. The van der Waals surface area contributed by atoms with Gasteiger partial charge < -0.3 is 9.47 Å². The van der Waals surface area contributed by atoms with E-state index in [0.29, 0.717) is 19.6 Å². The van der Waals surface area contributed by atoms with Gasteiger partial charge in [0.2, 0.25) is 0 Å². The van der Waals surface area contributed by atoms with Crippen LogP contribution >= 0.6 is 11.8 Å². The average molecular weight is 238 g/mol. The van der Waals surface area contributed by atoms with Crippen LogP contribution in [0.2, 0.25) is 0 Å². The van der Waals surface area contributed by atoms with Crippen molar-refractivity contribution < 1.29 is 14.3 Å². The number of ether oxygens (including phenoxy) is 2. The molecule has 1 aromatic rings. The van der Waals surface area contributed by atoms with Gasteiger partial charge in [0.15, 0.2) is 11.5 Å². The van der Waals surface area contributed by atoms with E-state index in [0.717, 1.165) is 22.0 Å². The quantitative estimate of drug-likeness (QED) is 0.757. The van der Waals surface area contributed by atoms with E-state index in [2.05, 4.69) is 0 Å². The van der Waals surface area contributed by atoms with Gasteiger partial charge in [-0.3, -0.25) is 4.79 Å². The molecule has 86 valence electrons. The number of benzene rings is 1. The summed E-state index contributed by atoms with van der Waals surface area (Å²) in [6.07, 6.45) is 2.43. The van der Waals surface area contributed by atoms with Crippen molar-refractivity contribution in [3.05, 3.63) is 17.7 Å². The summed E-state index contributed by atoms with van der Waals surface area (Å²) in [4.78, 5) is 12.2. The molecule has 0 fully saturated rings. The van der Waals surface area contributed by atoms with Crippen LogP contribution in [-0.4, -0.2) is 25.3 Å². The number of hydrogen-bond acceptors (Lipinski definition) is 4. The molecular formula is C12H14O3S. The fraction of sp³-hybridized carbons (Fsp3) is 0.417. The number of carbonyl (C=O) groups is 1. The van der Waals surface area contributed by atoms with Crippen LogP contribution < -0.4 is 9.47 Å². The lowest BCUT2D eigenvalue weighted by Gasteiger charge is -2.22. The third kappa shape index (κ3) is 2.16. The molecule has 0 saturated carbocycles. The van der Waals surface area contributed by atoms with Gasteiger partial charge in [-0.05, 0) is 24.8 Å². The second-order valence-corrected chi connectivity index (χ2v) is 4.48. The van der Waals surface area contributed by atoms with Gasteiger partial charge in [0.1, 0.15) is 19.0 Å². The van der Waals surface area contributed by atoms with E-state index in [4.69, 9.17) is 9.47 Å². The lowest BCUT2D eigenvalue weighted by molar-refractivity contribution is -0.116. The highest BCUT2D eigenvalue weighted by atomic mass is 32.2. The summed E-state index contributed by atoms with van der Waals surface area (Å²) in [7, 11) is 0. The molecule has 1 aromatic carbocycles. The molecular weight excluding hydrogens is 224 g/mol. The van der Waals surface area contributed by atoms with Crippen molar-refractivity contribution in [1.82, 2.24) is 0 Å². The monoisotopic (exact) mass is 238 g/mol. The Balaban J connectivity index is 2.43. The number of rotatable bonds is 3. The van der Waals surface area contributed by atoms with Gasteiger partial charge in [0.05, 0.1) is 4.90 Å². The number of hydrogen-bond donors (Lipinski definition) is 0. The Labute approximate surface area is 99.1 Å². The molecule has 1 heterocycles. The maximum absolute atomic E-state index is 11.2. The molecule has 0 amide bonds. The number of Topliss-reactive ketones (excluding diaryl/α,β-unsaturated/α-hetero) is 1. The van der Waals surface area contributed by atoms with Crippen molar-refractivity contribution >= 4 is 17.5 Å². The molecule has 0 bridgehead atoms. The highest BCUT2D eigenvalue weighted by Gasteiger charge is 2.19. The summed E-state index contributed by atoms with van der Waals surface area (Å²) in [5.74, 6) is 1.73. The van der Waals surface area contributed by atoms with Crippen LogP contribution in [0, 0.1) is 0 Å². The lowest BCUT2D eigenvalue weighted by Crippen LogP contribution is -2.16. The Morgan fingerprint density at radius 3 is 2.81 bits per heavy atom. The van der Waals surface area contributed by atoms with E-state index in [1.165, 1.54) is 0 Å². The van der Waals surface area contributed by atoms with Crippen LogP contribution in [0.4, 0.5) is 0 Å². The Bertz CT molecular complexity index is 415. The van der Waals surface area contributed by atoms with Crippen LogP contribution in [0.3, 0.4) is 0 Å². The van der Waals surface area contributed by atoms with E-state index in [1.807, 2.05) is 18.4 Å². The fourth-order valence-electron chi connectivity index (χ4n) is 1.76. The minimum Gasteiger partial charge on any atom is -0.486 e. The van der Waals surface area contributed by atoms with Gasteiger partial charge in [0, 0.05) is 6.42 Å². The minimum atomic E-state index is 0.159. The van der Waals surface area contributed by atoms with Gasteiger partial charge in [0.25, 0.3) is 0 Å². The predicted molar refractivity (Wildman–Crippen MR) is 63.6 cm³/mol. The average Bonchev–Trinajstić information content (AvgIpc) is 2.28. The standard InChI is InChI=1S/C12H14O3S/c1-8(13)7-9-3-4-10-11(12(9)16-2)15-6-5-14-10/h3-4H,5-7H2,1-2H3. The van der Waals surface area contributed by atoms with E-state index < -0.39 is 0 Å². The minimum absolute atomic E-state index is 0.159. The van der Waals surface area contributed by atoms with Crippen molar-refractivity contribution in [3.8, 4) is 11.5 Å². The van der Waals surface area contributed by atoms with Crippen LogP contribution in [-0.2, 0) is 11.2 Å². The molecule has 0 aromatic heterocycles. The second kappa shape index (κ2) is 4.78. The van der Waals surface area contributed by atoms with Crippen molar-refractivity contribution in [1.29, 1.82) is 0 Å². The molecule has 0 radical (unpaired) electrons. The van der Waals surface area contributed by atoms with Crippen LogP contribution in [0.5, 0.6) is 11.5 Å². The van der Waals surface area contributed by atoms with Gasteiger partial charge in [-0.15, -0.1) is 11.8 Å². The van der Waals surface area contributed by atoms with E-state index in [1.54, 1.807) is 18.7 Å². The number of thioether (sulfide) groups is 1. The molecule has 4 heteroatoms. The van der Waals surface area contributed by atoms with Crippen molar-refractivity contribution in [2.75, 3.05) is 19.5 Å². The molecule has 3 nitrogen and oxygen atoms in total.